The first-order valence-corrected chi connectivity index (χ1v) is 8.17. The zero-order valence-electron chi connectivity index (χ0n) is 13.9. The lowest BCUT2D eigenvalue weighted by molar-refractivity contribution is 0.0842. The molecular formula is C19H20FN3O2. The first-order valence-electron chi connectivity index (χ1n) is 8.17. The normalized spacial score (nSPS) is 12.1. The summed E-state index contributed by atoms with van der Waals surface area (Å²) in [6, 6.07) is 13.2. The predicted octanol–water partition coefficient (Wildman–Crippen LogP) is 3.44. The Hall–Kier alpha value is -2.73. The second kappa shape index (κ2) is 7.90. The number of aliphatic hydroxyl groups is 1. The van der Waals surface area contributed by atoms with Crippen molar-refractivity contribution in [2.75, 3.05) is 25.1 Å². The standard InChI is InChI=1S/C19H20FN3O2/c1-2-21-19-8-4-14(11-22-19)18-6-3-13-9-16(5-7-17(13)23-18)25-12-15(24)10-20/h3-9,11,15,24H,2,10,12H2,1H3,(H,21,22). The van der Waals surface area contributed by atoms with E-state index in [1.54, 1.807) is 12.3 Å². The number of anilines is 1. The van der Waals surface area contributed by atoms with Crippen molar-refractivity contribution >= 4 is 16.7 Å². The van der Waals surface area contributed by atoms with Gasteiger partial charge in [-0.25, -0.2) is 14.4 Å². The Kier molecular flexibility index (Phi) is 5.40. The Balaban J connectivity index is 1.80. The summed E-state index contributed by atoms with van der Waals surface area (Å²) in [5, 5.41) is 13.3. The number of hydrogen-bond donors (Lipinski definition) is 2. The summed E-state index contributed by atoms with van der Waals surface area (Å²) in [6.07, 6.45) is 0.691. The molecule has 3 aromatic rings. The smallest absolute Gasteiger partial charge is 0.125 e. The van der Waals surface area contributed by atoms with Gasteiger partial charge in [0.2, 0.25) is 0 Å². The van der Waals surface area contributed by atoms with Crippen LogP contribution in [0.15, 0.2) is 48.7 Å². The number of pyridine rings is 2. The Morgan fingerprint density at radius 1 is 1.20 bits per heavy atom. The average Bonchev–Trinajstić information content (AvgIpc) is 2.66. The van der Waals surface area contributed by atoms with Crippen molar-refractivity contribution in [2.45, 2.75) is 13.0 Å². The van der Waals surface area contributed by atoms with Crippen molar-refractivity contribution in [1.29, 1.82) is 0 Å². The maximum atomic E-state index is 12.3. The van der Waals surface area contributed by atoms with Crippen LogP contribution in [0.1, 0.15) is 6.92 Å². The fourth-order valence-electron chi connectivity index (χ4n) is 2.42. The van der Waals surface area contributed by atoms with Crippen molar-refractivity contribution in [2.24, 2.45) is 0 Å². The minimum absolute atomic E-state index is 0.0721. The van der Waals surface area contributed by atoms with Crippen molar-refractivity contribution in [3.63, 3.8) is 0 Å². The number of aromatic nitrogens is 2. The van der Waals surface area contributed by atoms with Crippen molar-refractivity contribution in [3.8, 4) is 17.0 Å². The highest BCUT2D eigenvalue weighted by atomic mass is 19.1. The lowest BCUT2D eigenvalue weighted by Gasteiger charge is -2.10. The molecule has 2 heterocycles. The van der Waals surface area contributed by atoms with E-state index in [-0.39, 0.29) is 6.61 Å². The monoisotopic (exact) mass is 341 g/mol. The Morgan fingerprint density at radius 2 is 2.08 bits per heavy atom. The van der Waals surface area contributed by atoms with Gasteiger partial charge in [0, 0.05) is 23.7 Å². The van der Waals surface area contributed by atoms with E-state index in [0.717, 1.165) is 34.5 Å². The molecule has 25 heavy (non-hydrogen) atoms. The van der Waals surface area contributed by atoms with Gasteiger partial charge in [-0.3, -0.25) is 0 Å². The number of alkyl halides is 1. The zero-order valence-corrected chi connectivity index (χ0v) is 13.9. The van der Waals surface area contributed by atoms with E-state index in [2.05, 4.69) is 15.3 Å². The molecule has 2 aromatic heterocycles. The van der Waals surface area contributed by atoms with Crippen LogP contribution in [0.3, 0.4) is 0 Å². The minimum atomic E-state index is -1.10. The first-order chi connectivity index (χ1) is 12.2. The van der Waals surface area contributed by atoms with Crippen LogP contribution in [0.4, 0.5) is 10.2 Å². The number of hydrogen-bond acceptors (Lipinski definition) is 5. The lowest BCUT2D eigenvalue weighted by Crippen LogP contribution is -2.19. The summed E-state index contributed by atoms with van der Waals surface area (Å²) >= 11 is 0. The lowest BCUT2D eigenvalue weighted by atomic mass is 10.1. The number of ether oxygens (including phenoxy) is 1. The molecular weight excluding hydrogens is 321 g/mol. The van der Waals surface area contributed by atoms with Crippen LogP contribution in [0.5, 0.6) is 5.75 Å². The summed E-state index contributed by atoms with van der Waals surface area (Å²) < 4.78 is 17.6. The van der Waals surface area contributed by atoms with Gasteiger partial charge < -0.3 is 15.2 Å². The molecule has 6 heteroatoms. The van der Waals surface area contributed by atoms with Gasteiger partial charge in [0.15, 0.2) is 0 Å². The van der Waals surface area contributed by atoms with Gasteiger partial charge in [-0.15, -0.1) is 0 Å². The molecule has 1 aromatic carbocycles. The third-order valence-corrected chi connectivity index (χ3v) is 3.70. The fraction of sp³-hybridized carbons (Fsp3) is 0.263. The van der Waals surface area contributed by atoms with Gasteiger partial charge >= 0.3 is 0 Å². The van der Waals surface area contributed by atoms with E-state index in [0.29, 0.717) is 5.75 Å². The quantitative estimate of drug-likeness (QED) is 0.689. The third-order valence-electron chi connectivity index (χ3n) is 3.70. The topological polar surface area (TPSA) is 67.3 Å². The molecule has 0 saturated heterocycles. The van der Waals surface area contributed by atoms with Crippen molar-refractivity contribution in [3.05, 3.63) is 48.7 Å². The van der Waals surface area contributed by atoms with E-state index in [1.165, 1.54) is 0 Å². The Morgan fingerprint density at radius 3 is 2.80 bits per heavy atom. The predicted molar refractivity (Wildman–Crippen MR) is 96.6 cm³/mol. The number of halogens is 1. The van der Waals surface area contributed by atoms with Crippen LogP contribution in [-0.4, -0.2) is 41.0 Å². The molecule has 0 radical (unpaired) electrons. The summed E-state index contributed by atoms with van der Waals surface area (Å²) in [4.78, 5) is 9.01. The molecule has 5 nitrogen and oxygen atoms in total. The van der Waals surface area contributed by atoms with Gasteiger partial charge in [0.05, 0.1) is 11.2 Å². The third kappa shape index (κ3) is 4.22. The minimum Gasteiger partial charge on any atom is -0.491 e. The van der Waals surface area contributed by atoms with Crippen LogP contribution in [-0.2, 0) is 0 Å². The maximum absolute atomic E-state index is 12.3. The zero-order chi connectivity index (χ0) is 17.6. The molecule has 0 spiro atoms. The first kappa shape index (κ1) is 17.1. The number of nitrogens with one attached hydrogen (secondary N) is 1. The largest absolute Gasteiger partial charge is 0.491 e. The SMILES string of the molecule is CCNc1ccc(-c2ccc3cc(OCC(O)CF)ccc3n2)cn1. The van der Waals surface area contributed by atoms with Gasteiger partial charge in [0.1, 0.15) is 31.0 Å². The van der Waals surface area contributed by atoms with Gasteiger partial charge in [-0.2, -0.15) is 0 Å². The number of aliphatic hydroxyl groups excluding tert-OH is 1. The van der Waals surface area contributed by atoms with Crippen LogP contribution in [0.2, 0.25) is 0 Å². The molecule has 130 valence electrons. The molecule has 3 rings (SSSR count). The van der Waals surface area contributed by atoms with Gasteiger partial charge in [-0.1, -0.05) is 6.07 Å². The highest BCUT2D eigenvalue weighted by molar-refractivity contribution is 5.82. The van der Waals surface area contributed by atoms with E-state index in [9.17, 15) is 9.50 Å². The molecule has 2 N–H and O–H groups in total. The number of rotatable bonds is 7. The average molecular weight is 341 g/mol. The molecule has 0 fully saturated rings. The van der Waals surface area contributed by atoms with Crippen LogP contribution < -0.4 is 10.1 Å². The highest BCUT2D eigenvalue weighted by Crippen LogP contribution is 2.24. The van der Waals surface area contributed by atoms with E-state index < -0.39 is 12.8 Å². The van der Waals surface area contributed by atoms with Gasteiger partial charge in [0.25, 0.3) is 0 Å². The molecule has 0 aliphatic carbocycles. The summed E-state index contributed by atoms with van der Waals surface area (Å²) in [6.45, 7) is 1.96. The maximum Gasteiger partial charge on any atom is 0.125 e. The summed E-state index contributed by atoms with van der Waals surface area (Å²) in [5.74, 6) is 1.41. The summed E-state index contributed by atoms with van der Waals surface area (Å²) in [7, 11) is 0. The van der Waals surface area contributed by atoms with Crippen LogP contribution in [0.25, 0.3) is 22.2 Å². The van der Waals surface area contributed by atoms with Crippen LogP contribution in [0, 0.1) is 0 Å². The molecule has 0 amide bonds. The molecule has 1 unspecified atom stereocenters. The van der Waals surface area contributed by atoms with E-state index in [4.69, 9.17) is 4.74 Å². The fourth-order valence-corrected chi connectivity index (χ4v) is 2.42. The molecule has 0 aliphatic rings. The molecule has 0 bridgehead atoms. The molecule has 0 saturated carbocycles. The van der Waals surface area contributed by atoms with Gasteiger partial charge in [-0.05, 0) is 43.3 Å². The second-order valence-corrected chi connectivity index (χ2v) is 5.63. The van der Waals surface area contributed by atoms with E-state index in [1.807, 2.05) is 43.3 Å². The second-order valence-electron chi connectivity index (χ2n) is 5.63. The van der Waals surface area contributed by atoms with Crippen molar-refractivity contribution < 1.29 is 14.2 Å². The molecule has 1 atom stereocenters. The Labute approximate surface area is 145 Å². The Bertz CT molecular complexity index is 840. The van der Waals surface area contributed by atoms with E-state index >= 15 is 0 Å². The molecule has 0 aliphatic heterocycles. The number of fused-ring (bicyclic) bond motifs is 1. The number of benzene rings is 1. The number of nitrogens with zero attached hydrogens (tertiary/aromatic N) is 2. The summed E-state index contributed by atoms with van der Waals surface area (Å²) in [5.41, 5.74) is 2.60. The highest BCUT2D eigenvalue weighted by Gasteiger charge is 2.06. The van der Waals surface area contributed by atoms with Crippen LogP contribution >= 0.6 is 0 Å². The van der Waals surface area contributed by atoms with Crippen molar-refractivity contribution in [1.82, 2.24) is 9.97 Å².